The summed E-state index contributed by atoms with van der Waals surface area (Å²) in [5, 5.41) is 3.03. The lowest BCUT2D eigenvalue weighted by Gasteiger charge is -2.15. The SMILES string of the molecule is COc1ccc(C(=O)Nc2ncc(Cc3ccc(F)cc3F)s2)c(OC)c1OC. The highest BCUT2D eigenvalue weighted by atomic mass is 32.1. The van der Waals surface area contributed by atoms with Gasteiger partial charge in [-0.15, -0.1) is 11.3 Å². The van der Waals surface area contributed by atoms with Gasteiger partial charge in [0.2, 0.25) is 5.75 Å². The van der Waals surface area contributed by atoms with E-state index in [2.05, 4.69) is 10.3 Å². The molecule has 0 atom stereocenters. The summed E-state index contributed by atoms with van der Waals surface area (Å²) in [5.74, 6) is -0.745. The Hall–Kier alpha value is -3.20. The molecule has 0 aliphatic heterocycles. The maximum Gasteiger partial charge on any atom is 0.261 e. The molecule has 3 rings (SSSR count). The Kier molecular flexibility index (Phi) is 6.28. The number of aromatic nitrogens is 1. The Balaban J connectivity index is 1.78. The molecule has 0 spiro atoms. The maximum absolute atomic E-state index is 13.8. The number of hydrogen-bond acceptors (Lipinski definition) is 6. The summed E-state index contributed by atoms with van der Waals surface area (Å²) in [6.07, 6.45) is 1.77. The molecule has 2 aromatic carbocycles. The number of nitrogens with zero attached hydrogens (tertiary/aromatic N) is 1. The van der Waals surface area contributed by atoms with Gasteiger partial charge in [-0.05, 0) is 23.8 Å². The number of carbonyl (C=O) groups excluding carboxylic acids is 1. The average molecular weight is 420 g/mol. The Labute approximate surface area is 170 Å². The predicted molar refractivity (Wildman–Crippen MR) is 105 cm³/mol. The van der Waals surface area contributed by atoms with E-state index in [1.165, 1.54) is 51.0 Å². The van der Waals surface area contributed by atoms with E-state index in [1.807, 2.05) is 0 Å². The smallest absolute Gasteiger partial charge is 0.261 e. The zero-order valence-electron chi connectivity index (χ0n) is 15.9. The Morgan fingerprint density at radius 3 is 2.48 bits per heavy atom. The molecule has 1 N–H and O–H groups in total. The summed E-state index contributed by atoms with van der Waals surface area (Å²) in [7, 11) is 4.36. The molecule has 0 unspecified atom stereocenters. The molecule has 9 heteroatoms. The lowest BCUT2D eigenvalue weighted by Crippen LogP contribution is -2.13. The van der Waals surface area contributed by atoms with Crippen molar-refractivity contribution in [1.82, 2.24) is 4.98 Å². The van der Waals surface area contributed by atoms with Crippen molar-refractivity contribution in [1.29, 1.82) is 0 Å². The van der Waals surface area contributed by atoms with Gasteiger partial charge in [-0.2, -0.15) is 0 Å². The first-order valence-electron chi connectivity index (χ1n) is 8.45. The topological polar surface area (TPSA) is 69.7 Å². The van der Waals surface area contributed by atoms with Crippen LogP contribution in [0.15, 0.2) is 36.5 Å². The lowest BCUT2D eigenvalue weighted by molar-refractivity contribution is 0.102. The fraction of sp³-hybridized carbons (Fsp3) is 0.200. The number of hydrogen-bond donors (Lipinski definition) is 1. The average Bonchev–Trinajstić information content (AvgIpc) is 3.15. The van der Waals surface area contributed by atoms with Crippen LogP contribution >= 0.6 is 11.3 Å². The Morgan fingerprint density at radius 2 is 1.83 bits per heavy atom. The molecule has 0 aliphatic rings. The van der Waals surface area contributed by atoms with E-state index in [0.29, 0.717) is 27.1 Å². The van der Waals surface area contributed by atoms with Gasteiger partial charge in [0, 0.05) is 23.6 Å². The molecule has 152 valence electrons. The molecular formula is C20H18F2N2O4S. The minimum absolute atomic E-state index is 0.231. The summed E-state index contributed by atoms with van der Waals surface area (Å²) in [6, 6.07) is 6.57. The van der Waals surface area contributed by atoms with Crippen LogP contribution in [-0.2, 0) is 6.42 Å². The van der Waals surface area contributed by atoms with Gasteiger partial charge < -0.3 is 14.2 Å². The van der Waals surface area contributed by atoms with Gasteiger partial charge in [-0.25, -0.2) is 13.8 Å². The van der Waals surface area contributed by atoms with Gasteiger partial charge in [0.05, 0.1) is 26.9 Å². The first-order valence-corrected chi connectivity index (χ1v) is 9.27. The summed E-state index contributed by atoms with van der Waals surface area (Å²) in [4.78, 5) is 17.6. The second-order valence-corrected chi connectivity index (χ2v) is 7.00. The quantitative estimate of drug-likeness (QED) is 0.618. The fourth-order valence-corrected chi connectivity index (χ4v) is 3.57. The largest absolute Gasteiger partial charge is 0.493 e. The fourth-order valence-electron chi connectivity index (χ4n) is 2.74. The van der Waals surface area contributed by atoms with Gasteiger partial charge in [0.25, 0.3) is 5.91 Å². The predicted octanol–water partition coefficient (Wildman–Crippen LogP) is 4.29. The highest BCUT2D eigenvalue weighted by molar-refractivity contribution is 7.15. The van der Waals surface area contributed by atoms with Crippen molar-refractivity contribution in [3.63, 3.8) is 0 Å². The summed E-state index contributed by atoms with van der Waals surface area (Å²) in [6.45, 7) is 0. The van der Waals surface area contributed by atoms with Gasteiger partial charge >= 0.3 is 0 Å². The summed E-state index contributed by atoms with van der Waals surface area (Å²) in [5.41, 5.74) is 0.584. The van der Waals surface area contributed by atoms with E-state index in [4.69, 9.17) is 14.2 Å². The van der Waals surface area contributed by atoms with Crippen molar-refractivity contribution in [2.24, 2.45) is 0 Å². The summed E-state index contributed by atoms with van der Waals surface area (Å²) >= 11 is 1.19. The van der Waals surface area contributed by atoms with E-state index in [1.54, 1.807) is 12.1 Å². The zero-order valence-corrected chi connectivity index (χ0v) is 16.7. The molecule has 6 nitrogen and oxygen atoms in total. The highest BCUT2D eigenvalue weighted by Gasteiger charge is 2.21. The van der Waals surface area contributed by atoms with Crippen molar-refractivity contribution in [2.75, 3.05) is 26.6 Å². The molecule has 29 heavy (non-hydrogen) atoms. The molecule has 1 aromatic heterocycles. The van der Waals surface area contributed by atoms with Gasteiger partial charge in [-0.1, -0.05) is 6.07 Å². The van der Waals surface area contributed by atoms with E-state index in [0.717, 1.165) is 6.07 Å². The first kappa shape index (κ1) is 20.5. The van der Waals surface area contributed by atoms with Crippen molar-refractivity contribution in [3.8, 4) is 17.2 Å². The molecule has 3 aromatic rings. The normalized spacial score (nSPS) is 10.5. The summed E-state index contributed by atoms with van der Waals surface area (Å²) < 4.78 is 42.7. The molecule has 1 amide bonds. The van der Waals surface area contributed by atoms with Crippen molar-refractivity contribution >= 4 is 22.4 Å². The van der Waals surface area contributed by atoms with Crippen LogP contribution in [-0.4, -0.2) is 32.2 Å². The number of carbonyl (C=O) groups is 1. The van der Waals surface area contributed by atoms with E-state index in [9.17, 15) is 13.6 Å². The standard InChI is InChI=1S/C20H18F2N2O4S/c1-26-16-7-6-14(17(27-2)18(16)28-3)19(25)24-20-23-10-13(29-20)8-11-4-5-12(21)9-15(11)22/h4-7,9-10H,8H2,1-3H3,(H,23,24,25). The molecule has 0 bridgehead atoms. The number of thiazole rings is 1. The number of nitrogens with one attached hydrogen (secondary N) is 1. The number of anilines is 1. The second kappa shape index (κ2) is 8.87. The zero-order chi connectivity index (χ0) is 21.0. The number of halogens is 2. The Bertz CT molecular complexity index is 1040. The third-order valence-electron chi connectivity index (χ3n) is 4.10. The van der Waals surface area contributed by atoms with E-state index in [-0.39, 0.29) is 17.7 Å². The van der Waals surface area contributed by atoms with Crippen molar-refractivity contribution in [3.05, 3.63) is 64.2 Å². The lowest BCUT2D eigenvalue weighted by atomic mass is 10.1. The van der Waals surface area contributed by atoms with Crippen LogP contribution in [0.3, 0.4) is 0 Å². The first-order chi connectivity index (χ1) is 14.0. The van der Waals surface area contributed by atoms with Crippen molar-refractivity contribution in [2.45, 2.75) is 6.42 Å². The molecule has 0 saturated heterocycles. The maximum atomic E-state index is 13.8. The van der Waals surface area contributed by atoms with Crippen LogP contribution in [0, 0.1) is 11.6 Å². The number of benzene rings is 2. The van der Waals surface area contributed by atoms with Crippen LogP contribution in [0.1, 0.15) is 20.8 Å². The molecule has 0 saturated carbocycles. The van der Waals surface area contributed by atoms with Gasteiger partial charge in [0.1, 0.15) is 11.6 Å². The van der Waals surface area contributed by atoms with Crippen LogP contribution in [0.25, 0.3) is 0 Å². The Morgan fingerprint density at radius 1 is 1.07 bits per heavy atom. The van der Waals surface area contributed by atoms with Crippen LogP contribution < -0.4 is 19.5 Å². The van der Waals surface area contributed by atoms with Crippen molar-refractivity contribution < 1.29 is 27.8 Å². The highest BCUT2D eigenvalue weighted by Crippen LogP contribution is 2.40. The molecule has 0 aliphatic carbocycles. The second-order valence-electron chi connectivity index (χ2n) is 5.88. The monoisotopic (exact) mass is 420 g/mol. The van der Waals surface area contributed by atoms with E-state index < -0.39 is 17.5 Å². The third-order valence-corrected chi connectivity index (χ3v) is 5.02. The third kappa shape index (κ3) is 4.45. The number of amides is 1. The van der Waals surface area contributed by atoms with Crippen LogP contribution in [0.4, 0.5) is 13.9 Å². The molecular weight excluding hydrogens is 402 g/mol. The molecule has 0 fully saturated rings. The number of rotatable bonds is 7. The number of methoxy groups -OCH3 is 3. The van der Waals surface area contributed by atoms with Crippen LogP contribution in [0.5, 0.6) is 17.2 Å². The van der Waals surface area contributed by atoms with E-state index >= 15 is 0 Å². The van der Waals surface area contributed by atoms with Gasteiger partial charge in [0.15, 0.2) is 16.6 Å². The minimum atomic E-state index is -0.632. The van der Waals surface area contributed by atoms with Gasteiger partial charge in [-0.3, -0.25) is 10.1 Å². The molecule has 0 radical (unpaired) electrons. The minimum Gasteiger partial charge on any atom is -0.493 e. The van der Waals surface area contributed by atoms with Crippen LogP contribution in [0.2, 0.25) is 0 Å². The molecule has 1 heterocycles. The number of ether oxygens (including phenoxy) is 3.